The minimum Gasteiger partial charge on any atom is -0.309 e. The van der Waals surface area contributed by atoms with Gasteiger partial charge in [0, 0.05) is 0 Å². The topological polar surface area (TPSA) is 36.1 Å². The molecule has 4 heteroatoms. The van der Waals surface area contributed by atoms with E-state index in [4.69, 9.17) is 0 Å². The minimum absolute atomic E-state index is 0.179. The van der Waals surface area contributed by atoms with Crippen LogP contribution >= 0.6 is 0 Å². The highest BCUT2D eigenvalue weighted by atomic mass is 28.3. The van der Waals surface area contributed by atoms with E-state index in [9.17, 15) is 0 Å². The van der Waals surface area contributed by atoms with Gasteiger partial charge in [-0.15, -0.1) is 0 Å². The van der Waals surface area contributed by atoms with Crippen LogP contribution in [0.3, 0.4) is 0 Å². The van der Waals surface area contributed by atoms with Gasteiger partial charge in [0.1, 0.15) is 0 Å². The second-order valence-corrected chi connectivity index (χ2v) is 18.3. The lowest BCUT2D eigenvalue weighted by molar-refractivity contribution is 0.708. The van der Waals surface area contributed by atoms with Crippen LogP contribution in [-0.4, -0.2) is 29.2 Å². The van der Waals surface area contributed by atoms with Crippen LogP contribution in [0.4, 0.5) is 0 Å². The van der Waals surface area contributed by atoms with E-state index in [-0.39, 0.29) is 18.1 Å². The van der Waals surface area contributed by atoms with Crippen LogP contribution in [0.25, 0.3) is 33.4 Å². The molecule has 252 valence electrons. The molecule has 3 nitrogen and oxygen atoms in total. The zero-order valence-corrected chi connectivity index (χ0v) is 30.7. The summed E-state index contributed by atoms with van der Waals surface area (Å²) in [4.78, 5) is 0. The zero-order valence-electron chi connectivity index (χ0n) is 29.7. The van der Waals surface area contributed by atoms with Gasteiger partial charge in [-0.3, -0.25) is 0 Å². The highest BCUT2D eigenvalue weighted by molar-refractivity contribution is 7.20. The van der Waals surface area contributed by atoms with Gasteiger partial charge in [-0.05, 0) is 109 Å². The lowest BCUT2D eigenvalue weighted by Crippen LogP contribution is -2.74. The molecule has 0 fully saturated rings. The zero-order chi connectivity index (χ0) is 35.0. The van der Waals surface area contributed by atoms with Crippen LogP contribution in [0.5, 0.6) is 0 Å². The van der Waals surface area contributed by atoms with Crippen molar-refractivity contribution in [3.05, 3.63) is 191 Å². The van der Waals surface area contributed by atoms with Crippen molar-refractivity contribution >= 4 is 28.8 Å². The summed E-state index contributed by atoms with van der Waals surface area (Å²) in [7, 11) is 3.29. The average molecular weight is 688 g/mol. The van der Waals surface area contributed by atoms with Crippen molar-refractivity contribution < 1.29 is 0 Å². The van der Waals surface area contributed by atoms with E-state index in [0.717, 1.165) is 0 Å². The summed E-state index contributed by atoms with van der Waals surface area (Å²) in [5.41, 5.74) is 16.1. The first-order valence-electron chi connectivity index (χ1n) is 18.5. The molecule has 0 aromatic heterocycles. The normalized spacial score (nSPS) is 17.6. The molecule has 7 aromatic carbocycles. The van der Waals surface area contributed by atoms with E-state index in [1.54, 1.807) is 0 Å². The summed E-state index contributed by atoms with van der Waals surface area (Å²) in [5.74, 6) is 0. The molecule has 3 aliphatic carbocycles. The van der Waals surface area contributed by atoms with Crippen LogP contribution in [-0.2, 0) is 0 Å². The molecule has 0 saturated carbocycles. The van der Waals surface area contributed by atoms with Gasteiger partial charge in [0.25, 0.3) is 0 Å². The molecule has 0 bridgehead atoms. The molecule has 0 heterocycles. The van der Waals surface area contributed by atoms with Crippen molar-refractivity contribution in [2.45, 2.75) is 18.1 Å². The van der Waals surface area contributed by atoms with Crippen molar-refractivity contribution in [3.63, 3.8) is 0 Å². The molecule has 0 saturated heterocycles. The SMILES string of the molecule is CN[C@H]1c2ccccc2-c2cc([Si](c3ccccc3)(c3ccc4c(c3)-c3ccccc3[C@@H]4NC)c3ccc4c(c3)-c3ccccc3[C@@H]4NC)ccc21. The Kier molecular flexibility index (Phi) is 7.31. The first kappa shape index (κ1) is 31.4. The Labute approximate surface area is 307 Å². The lowest BCUT2D eigenvalue weighted by Gasteiger charge is -2.36. The Morgan fingerprint density at radius 2 is 0.615 bits per heavy atom. The fourth-order valence-corrected chi connectivity index (χ4v) is 14.7. The Morgan fingerprint density at radius 1 is 0.308 bits per heavy atom. The van der Waals surface area contributed by atoms with Crippen LogP contribution in [0.15, 0.2) is 158 Å². The van der Waals surface area contributed by atoms with Crippen molar-refractivity contribution in [1.82, 2.24) is 16.0 Å². The van der Waals surface area contributed by atoms with Gasteiger partial charge in [0.2, 0.25) is 0 Å². The van der Waals surface area contributed by atoms with Gasteiger partial charge in [-0.2, -0.15) is 0 Å². The predicted molar refractivity (Wildman–Crippen MR) is 219 cm³/mol. The van der Waals surface area contributed by atoms with Crippen LogP contribution in [0, 0.1) is 0 Å². The molecule has 3 atom stereocenters. The third-order valence-electron chi connectivity index (χ3n) is 12.2. The molecule has 3 N–H and O–H groups in total. The van der Waals surface area contributed by atoms with Gasteiger partial charge in [-0.25, -0.2) is 0 Å². The summed E-state index contributed by atoms with van der Waals surface area (Å²) in [6.07, 6.45) is 0. The average Bonchev–Trinajstić information content (AvgIpc) is 3.83. The van der Waals surface area contributed by atoms with Crippen LogP contribution < -0.4 is 36.7 Å². The molecule has 7 aromatic rings. The van der Waals surface area contributed by atoms with Crippen molar-refractivity contribution in [3.8, 4) is 33.4 Å². The fraction of sp³-hybridized carbons (Fsp3) is 0.125. The number of hydrogen-bond donors (Lipinski definition) is 3. The Morgan fingerprint density at radius 3 is 0.962 bits per heavy atom. The summed E-state index contributed by atoms with van der Waals surface area (Å²) in [6.45, 7) is 0. The molecule has 52 heavy (non-hydrogen) atoms. The molecular weight excluding hydrogens is 647 g/mol. The summed E-state index contributed by atoms with van der Waals surface area (Å²) >= 11 is 0. The molecule has 0 amide bonds. The molecule has 0 aliphatic heterocycles. The lowest BCUT2D eigenvalue weighted by atomic mass is 10.1. The molecule has 0 unspecified atom stereocenters. The largest absolute Gasteiger partial charge is 0.309 e. The Bertz CT molecular complexity index is 2270. The predicted octanol–water partition coefficient (Wildman–Crippen LogP) is 6.93. The molecule has 3 aliphatic rings. The summed E-state index contributed by atoms with van der Waals surface area (Å²) < 4.78 is 0. The second kappa shape index (κ2) is 12.1. The second-order valence-electron chi connectivity index (χ2n) is 14.4. The van der Waals surface area contributed by atoms with Crippen molar-refractivity contribution in [2.75, 3.05) is 21.1 Å². The minimum atomic E-state index is -2.95. The fourth-order valence-electron chi connectivity index (χ4n) is 9.93. The third kappa shape index (κ3) is 4.30. The third-order valence-corrected chi connectivity index (χ3v) is 16.9. The maximum atomic E-state index is 3.62. The van der Waals surface area contributed by atoms with E-state index in [1.165, 1.54) is 87.5 Å². The van der Waals surface area contributed by atoms with E-state index >= 15 is 0 Å². The van der Waals surface area contributed by atoms with E-state index in [0.29, 0.717) is 0 Å². The Balaban J connectivity index is 1.31. The Hall–Kier alpha value is -5.36. The monoisotopic (exact) mass is 687 g/mol. The van der Waals surface area contributed by atoms with Gasteiger partial charge in [0.05, 0.1) is 18.1 Å². The van der Waals surface area contributed by atoms with Crippen LogP contribution in [0.2, 0.25) is 0 Å². The summed E-state index contributed by atoms with van der Waals surface area (Å²) in [5, 5.41) is 16.5. The van der Waals surface area contributed by atoms with Crippen molar-refractivity contribution in [1.29, 1.82) is 0 Å². The first-order valence-corrected chi connectivity index (χ1v) is 20.5. The number of hydrogen-bond acceptors (Lipinski definition) is 3. The van der Waals surface area contributed by atoms with E-state index < -0.39 is 8.07 Å². The van der Waals surface area contributed by atoms with Gasteiger partial charge in [0.15, 0.2) is 8.07 Å². The van der Waals surface area contributed by atoms with E-state index in [2.05, 4.69) is 195 Å². The smallest absolute Gasteiger partial charge is 0.179 e. The number of fused-ring (bicyclic) bond motifs is 9. The van der Waals surface area contributed by atoms with Crippen LogP contribution in [0.1, 0.15) is 51.5 Å². The van der Waals surface area contributed by atoms with Gasteiger partial charge < -0.3 is 16.0 Å². The molecule has 0 radical (unpaired) electrons. The molecule has 10 rings (SSSR count). The number of nitrogens with one attached hydrogen (secondary N) is 3. The quantitative estimate of drug-likeness (QED) is 0.126. The van der Waals surface area contributed by atoms with Gasteiger partial charge >= 0.3 is 0 Å². The highest BCUT2D eigenvalue weighted by Gasteiger charge is 2.45. The first-order chi connectivity index (χ1) is 25.7. The molecular formula is C48H41N3Si. The molecule has 0 spiro atoms. The number of benzene rings is 7. The number of rotatable bonds is 7. The van der Waals surface area contributed by atoms with Crippen molar-refractivity contribution in [2.24, 2.45) is 0 Å². The standard InChI is InChI=1S/C48H41N3Si/c1-49-46-37-18-10-7-15-34(37)43-27-31(21-24-40(43)46)52(30-13-5-4-6-14-30,32-22-25-41-44(28-32)35-16-8-11-19-38(35)47(41)50-2)33-23-26-42-45(29-33)36-17-9-12-20-39(36)48(42)51-3/h4-29,46-51H,1-3H3/t46-,47-,48-/m0/s1. The van der Waals surface area contributed by atoms with Gasteiger partial charge in [-0.1, -0.05) is 158 Å². The maximum Gasteiger partial charge on any atom is 0.179 e. The maximum absolute atomic E-state index is 3.62. The van der Waals surface area contributed by atoms with E-state index in [1.807, 2.05) is 0 Å². The highest BCUT2D eigenvalue weighted by Crippen LogP contribution is 2.46. The summed E-state index contributed by atoms with van der Waals surface area (Å²) in [6, 6.07) is 61.0.